The molecule has 84 valence electrons. The summed E-state index contributed by atoms with van der Waals surface area (Å²) in [4.78, 5) is 10.9. The minimum atomic E-state index is -0.225. The van der Waals surface area contributed by atoms with Gasteiger partial charge in [-0.1, -0.05) is 12.2 Å². The zero-order valence-corrected chi connectivity index (χ0v) is 9.37. The molecule has 0 spiro atoms. The molecule has 1 aliphatic heterocycles. The van der Waals surface area contributed by atoms with E-state index < -0.39 is 0 Å². The van der Waals surface area contributed by atoms with Crippen LogP contribution in [0.4, 0.5) is 0 Å². The average molecular weight is 231 g/mol. The van der Waals surface area contributed by atoms with Crippen LogP contribution in [0.2, 0.25) is 0 Å². The van der Waals surface area contributed by atoms with Gasteiger partial charge in [-0.25, -0.2) is 5.84 Å². The van der Waals surface area contributed by atoms with Gasteiger partial charge < -0.3 is 4.74 Å². The molecule has 4 nitrogen and oxygen atoms in total. The topological polar surface area (TPSA) is 55.6 Å². The Morgan fingerprint density at radius 2 is 2.20 bits per heavy atom. The van der Waals surface area contributed by atoms with E-state index in [1.54, 1.807) is 6.20 Å². The van der Waals surface area contributed by atoms with Crippen LogP contribution in [0.3, 0.4) is 0 Å². The van der Waals surface area contributed by atoms with Crippen molar-refractivity contribution < 1.29 is 9.53 Å². The number of hydrogen-bond acceptors (Lipinski definition) is 4. The van der Waals surface area contributed by atoms with Gasteiger partial charge in [0.2, 0.25) is 0 Å². The van der Waals surface area contributed by atoms with E-state index in [1.165, 1.54) is 12.1 Å². The zero-order valence-electron chi connectivity index (χ0n) is 8.55. The fraction of sp³-hybridized carbons (Fsp3) is 0.300. The van der Waals surface area contributed by atoms with Gasteiger partial charge in [-0.15, -0.1) is 12.4 Å². The van der Waals surface area contributed by atoms with Crippen molar-refractivity contribution in [2.45, 2.75) is 12.8 Å². The van der Waals surface area contributed by atoms with E-state index in [9.17, 15) is 4.79 Å². The first-order chi connectivity index (χ1) is 6.74. The van der Waals surface area contributed by atoms with E-state index in [0.717, 1.165) is 5.70 Å². The van der Waals surface area contributed by atoms with Gasteiger partial charge in [0, 0.05) is 11.9 Å². The smallest absolute Gasteiger partial charge is 0.305 e. The number of esters is 1. The number of methoxy groups -OCH3 is 1. The molecule has 1 aliphatic rings. The molecule has 0 aromatic carbocycles. The van der Waals surface area contributed by atoms with Gasteiger partial charge in [-0.05, 0) is 18.6 Å². The average Bonchev–Trinajstić information content (AvgIpc) is 2.39. The van der Waals surface area contributed by atoms with Crippen LogP contribution in [-0.2, 0) is 9.53 Å². The van der Waals surface area contributed by atoms with Crippen molar-refractivity contribution in [2.75, 3.05) is 7.11 Å². The third-order valence-electron chi connectivity index (χ3n) is 1.90. The molecule has 0 saturated carbocycles. The number of hydrazine groups is 1. The predicted octanol–water partition coefficient (Wildman–Crippen LogP) is 1.50. The molecule has 0 radical (unpaired) electrons. The van der Waals surface area contributed by atoms with Gasteiger partial charge in [-0.3, -0.25) is 9.80 Å². The summed E-state index contributed by atoms with van der Waals surface area (Å²) in [5.41, 5.74) is 0.889. The highest BCUT2D eigenvalue weighted by atomic mass is 35.5. The summed E-state index contributed by atoms with van der Waals surface area (Å²) in [5, 5.41) is 1.50. The molecule has 15 heavy (non-hydrogen) atoms. The molecule has 0 atom stereocenters. The number of hydrogen-bond donors (Lipinski definition) is 1. The van der Waals surface area contributed by atoms with E-state index in [-0.39, 0.29) is 18.4 Å². The number of halogens is 1. The van der Waals surface area contributed by atoms with Crippen LogP contribution < -0.4 is 5.84 Å². The highest BCUT2D eigenvalue weighted by molar-refractivity contribution is 5.85. The predicted molar refractivity (Wildman–Crippen MR) is 60.9 cm³/mol. The van der Waals surface area contributed by atoms with Gasteiger partial charge in [0.25, 0.3) is 0 Å². The van der Waals surface area contributed by atoms with Crippen molar-refractivity contribution in [2.24, 2.45) is 5.84 Å². The number of rotatable bonds is 3. The molecule has 0 unspecified atom stereocenters. The number of allylic oxidation sites excluding steroid dienone is 5. The molecule has 0 aliphatic carbocycles. The van der Waals surface area contributed by atoms with Crippen molar-refractivity contribution in [3.63, 3.8) is 0 Å². The Morgan fingerprint density at radius 3 is 2.87 bits per heavy atom. The Hall–Kier alpha value is -1.26. The standard InChI is InChI=1S/C10H14N2O2.ClH/c1-14-10(13)7-6-9-5-3-2-4-8-12(9)11;/h2-5,8H,6-7,11H2,1H3;1H. The van der Waals surface area contributed by atoms with E-state index in [1.807, 2.05) is 24.3 Å². The first kappa shape index (κ1) is 13.7. The summed E-state index contributed by atoms with van der Waals surface area (Å²) in [7, 11) is 1.38. The normalized spacial score (nSPS) is 14.0. The molecule has 0 amide bonds. The Morgan fingerprint density at radius 1 is 1.47 bits per heavy atom. The van der Waals surface area contributed by atoms with E-state index in [2.05, 4.69) is 4.74 Å². The quantitative estimate of drug-likeness (QED) is 0.590. The van der Waals surface area contributed by atoms with Crippen molar-refractivity contribution in [3.8, 4) is 0 Å². The second-order valence-corrected chi connectivity index (χ2v) is 2.87. The van der Waals surface area contributed by atoms with Gasteiger partial charge in [0.15, 0.2) is 0 Å². The molecule has 0 aromatic rings. The third kappa shape index (κ3) is 4.67. The second-order valence-electron chi connectivity index (χ2n) is 2.87. The molecular formula is C10H15ClN2O2. The van der Waals surface area contributed by atoms with Crippen molar-refractivity contribution >= 4 is 18.4 Å². The summed E-state index contributed by atoms with van der Waals surface area (Å²) in [5.74, 6) is 5.47. The highest BCUT2D eigenvalue weighted by Gasteiger charge is 2.06. The van der Waals surface area contributed by atoms with Crippen LogP contribution in [0, 0.1) is 0 Å². The SMILES string of the molecule is COC(=O)CCC1=CC=CC=CN1N.Cl. The zero-order chi connectivity index (χ0) is 10.4. The largest absolute Gasteiger partial charge is 0.469 e. The first-order valence-electron chi connectivity index (χ1n) is 4.39. The lowest BCUT2D eigenvalue weighted by Crippen LogP contribution is -2.24. The van der Waals surface area contributed by atoms with Crippen molar-refractivity contribution in [1.82, 2.24) is 5.01 Å². The van der Waals surface area contributed by atoms with E-state index >= 15 is 0 Å². The van der Waals surface area contributed by atoms with Gasteiger partial charge in [0.1, 0.15) is 0 Å². The first-order valence-corrected chi connectivity index (χ1v) is 4.39. The van der Waals surface area contributed by atoms with E-state index in [0.29, 0.717) is 12.8 Å². The molecule has 1 heterocycles. The maximum Gasteiger partial charge on any atom is 0.305 e. The van der Waals surface area contributed by atoms with Gasteiger partial charge >= 0.3 is 5.97 Å². The molecule has 1 rings (SSSR count). The van der Waals surface area contributed by atoms with Crippen molar-refractivity contribution in [1.29, 1.82) is 0 Å². The Balaban J connectivity index is 0.00000196. The monoisotopic (exact) mass is 230 g/mol. The fourth-order valence-corrected chi connectivity index (χ4v) is 1.10. The second kappa shape index (κ2) is 7.09. The highest BCUT2D eigenvalue weighted by Crippen LogP contribution is 2.11. The van der Waals surface area contributed by atoms with Crippen LogP contribution in [0.25, 0.3) is 0 Å². The number of ether oxygens (including phenoxy) is 1. The van der Waals surface area contributed by atoms with Crippen LogP contribution in [0.15, 0.2) is 36.2 Å². The Bertz CT molecular complexity index is 298. The van der Waals surface area contributed by atoms with E-state index in [4.69, 9.17) is 5.84 Å². The fourth-order valence-electron chi connectivity index (χ4n) is 1.10. The molecule has 5 heteroatoms. The third-order valence-corrected chi connectivity index (χ3v) is 1.90. The number of nitrogens with zero attached hydrogens (tertiary/aromatic N) is 1. The lowest BCUT2D eigenvalue weighted by atomic mass is 10.2. The number of carbonyl (C=O) groups excluding carboxylic acids is 1. The molecule has 0 saturated heterocycles. The molecule has 0 bridgehead atoms. The van der Waals surface area contributed by atoms with Crippen LogP contribution in [0.1, 0.15) is 12.8 Å². The summed E-state index contributed by atoms with van der Waals surface area (Å²) in [6.45, 7) is 0. The lowest BCUT2D eigenvalue weighted by Gasteiger charge is -2.16. The van der Waals surface area contributed by atoms with Crippen molar-refractivity contribution in [3.05, 3.63) is 36.2 Å². The molecule has 2 N–H and O–H groups in total. The minimum Gasteiger partial charge on any atom is -0.469 e. The van der Waals surface area contributed by atoms with Crippen LogP contribution >= 0.6 is 12.4 Å². The maximum absolute atomic E-state index is 10.9. The van der Waals surface area contributed by atoms with Gasteiger partial charge in [-0.2, -0.15) is 0 Å². The lowest BCUT2D eigenvalue weighted by molar-refractivity contribution is -0.140. The van der Waals surface area contributed by atoms with Crippen LogP contribution in [0.5, 0.6) is 0 Å². The number of carbonyl (C=O) groups is 1. The maximum atomic E-state index is 10.9. The van der Waals surface area contributed by atoms with Crippen LogP contribution in [-0.4, -0.2) is 18.1 Å². The summed E-state index contributed by atoms with van der Waals surface area (Å²) in [6, 6.07) is 0. The minimum absolute atomic E-state index is 0. The molecular weight excluding hydrogens is 216 g/mol. The van der Waals surface area contributed by atoms with Gasteiger partial charge in [0.05, 0.1) is 13.5 Å². The number of nitrogens with two attached hydrogens (primary N) is 1. The summed E-state index contributed by atoms with van der Waals surface area (Å²) >= 11 is 0. The summed E-state index contributed by atoms with van der Waals surface area (Å²) in [6.07, 6.45) is 10.1. The summed E-state index contributed by atoms with van der Waals surface area (Å²) < 4.78 is 4.55. The Labute approximate surface area is 95.4 Å². The molecule has 0 fully saturated rings. The Kier molecular flexibility index (Phi) is 6.49. The molecule has 0 aromatic heterocycles.